The van der Waals surface area contributed by atoms with Crippen molar-refractivity contribution in [3.05, 3.63) is 30.3 Å². The van der Waals surface area contributed by atoms with E-state index < -0.39 is 5.60 Å². The zero-order valence-electron chi connectivity index (χ0n) is 9.57. The number of anilines is 1. The second kappa shape index (κ2) is 4.34. The van der Waals surface area contributed by atoms with Crippen LogP contribution in [0.15, 0.2) is 24.3 Å². The molecule has 0 atom stereocenters. The number of rotatable bonds is 1. The van der Waals surface area contributed by atoms with Crippen molar-refractivity contribution in [2.75, 3.05) is 11.9 Å². The van der Waals surface area contributed by atoms with Gasteiger partial charge in [0.1, 0.15) is 5.60 Å². The molecule has 1 aromatic carbocycles. The summed E-state index contributed by atoms with van der Waals surface area (Å²) in [5.41, 5.74) is 0.328. The van der Waals surface area contributed by atoms with Gasteiger partial charge >= 0.3 is 6.09 Å². The SMILES string of the molecule is CN(C(=O)OC(C)(C)C)c1cc[c]cc1. The van der Waals surface area contributed by atoms with Crippen molar-refractivity contribution in [3.63, 3.8) is 0 Å². The second-order valence-corrected chi connectivity index (χ2v) is 4.30. The van der Waals surface area contributed by atoms with E-state index in [0.29, 0.717) is 0 Å². The number of nitrogens with zero attached hydrogens (tertiary/aromatic N) is 1. The molecule has 0 aliphatic heterocycles. The standard InChI is InChI=1S/C12H16NO2/c1-12(2,3)15-11(14)13(4)10-8-6-5-7-9-10/h6-9H,1-4H3. The Morgan fingerprint density at radius 3 is 2.33 bits per heavy atom. The van der Waals surface area contributed by atoms with Crippen LogP contribution in [0.3, 0.4) is 0 Å². The minimum atomic E-state index is -0.466. The lowest BCUT2D eigenvalue weighted by atomic mass is 10.2. The third kappa shape index (κ3) is 3.62. The molecular weight excluding hydrogens is 190 g/mol. The third-order valence-corrected chi connectivity index (χ3v) is 1.76. The molecule has 15 heavy (non-hydrogen) atoms. The Labute approximate surface area is 90.7 Å². The Morgan fingerprint density at radius 2 is 1.87 bits per heavy atom. The maximum absolute atomic E-state index is 11.7. The highest BCUT2D eigenvalue weighted by molar-refractivity contribution is 5.87. The molecule has 1 radical (unpaired) electrons. The fourth-order valence-corrected chi connectivity index (χ4v) is 1.04. The summed E-state index contributed by atoms with van der Waals surface area (Å²) in [6, 6.07) is 10.0. The van der Waals surface area contributed by atoms with Crippen LogP contribution in [0.1, 0.15) is 20.8 Å². The van der Waals surface area contributed by atoms with Crippen LogP contribution in [0, 0.1) is 6.07 Å². The maximum Gasteiger partial charge on any atom is 0.414 e. The van der Waals surface area contributed by atoms with E-state index in [1.807, 2.05) is 32.9 Å². The Kier molecular flexibility index (Phi) is 3.35. The van der Waals surface area contributed by atoms with Crippen LogP contribution in [-0.2, 0) is 4.74 Å². The van der Waals surface area contributed by atoms with Crippen molar-refractivity contribution in [1.29, 1.82) is 0 Å². The van der Waals surface area contributed by atoms with Gasteiger partial charge in [0.05, 0.1) is 0 Å². The lowest BCUT2D eigenvalue weighted by Crippen LogP contribution is -2.34. The molecule has 0 aliphatic carbocycles. The van der Waals surface area contributed by atoms with Crippen molar-refractivity contribution in [2.45, 2.75) is 26.4 Å². The van der Waals surface area contributed by atoms with E-state index in [0.717, 1.165) is 5.69 Å². The monoisotopic (exact) mass is 206 g/mol. The van der Waals surface area contributed by atoms with Crippen LogP contribution >= 0.6 is 0 Å². The molecule has 0 heterocycles. The molecular formula is C12H16NO2. The lowest BCUT2D eigenvalue weighted by Gasteiger charge is -2.24. The predicted molar refractivity (Wildman–Crippen MR) is 59.9 cm³/mol. The number of ether oxygens (including phenoxy) is 1. The molecule has 0 bridgehead atoms. The summed E-state index contributed by atoms with van der Waals surface area (Å²) < 4.78 is 5.23. The van der Waals surface area contributed by atoms with Gasteiger partial charge in [-0.1, -0.05) is 12.1 Å². The largest absolute Gasteiger partial charge is 0.443 e. The zero-order valence-corrected chi connectivity index (χ0v) is 9.57. The van der Waals surface area contributed by atoms with Gasteiger partial charge in [0.25, 0.3) is 0 Å². The van der Waals surface area contributed by atoms with Crippen LogP contribution in [0.25, 0.3) is 0 Å². The number of carbonyl (C=O) groups is 1. The zero-order chi connectivity index (χ0) is 11.5. The summed E-state index contributed by atoms with van der Waals surface area (Å²) in [7, 11) is 1.68. The van der Waals surface area contributed by atoms with E-state index in [4.69, 9.17) is 4.74 Å². The van der Waals surface area contributed by atoms with Crippen LogP contribution in [0.5, 0.6) is 0 Å². The second-order valence-electron chi connectivity index (χ2n) is 4.30. The molecule has 1 rings (SSSR count). The Balaban J connectivity index is 2.70. The topological polar surface area (TPSA) is 29.5 Å². The van der Waals surface area contributed by atoms with Gasteiger partial charge in [-0.2, -0.15) is 0 Å². The van der Waals surface area contributed by atoms with Crippen LogP contribution in [-0.4, -0.2) is 18.7 Å². The Hall–Kier alpha value is -1.51. The number of hydrogen-bond acceptors (Lipinski definition) is 2. The number of benzene rings is 1. The smallest absolute Gasteiger partial charge is 0.414 e. The van der Waals surface area contributed by atoms with Gasteiger partial charge in [-0.15, -0.1) is 0 Å². The van der Waals surface area contributed by atoms with Crippen molar-refractivity contribution < 1.29 is 9.53 Å². The number of hydrogen-bond donors (Lipinski definition) is 0. The van der Waals surface area contributed by atoms with E-state index in [-0.39, 0.29) is 6.09 Å². The molecule has 81 valence electrons. The maximum atomic E-state index is 11.7. The van der Waals surface area contributed by atoms with Crippen molar-refractivity contribution in [1.82, 2.24) is 0 Å². The predicted octanol–water partition coefficient (Wildman–Crippen LogP) is 2.86. The summed E-state index contributed by atoms with van der Waals surface area (Å²) in [5, 5.41) is 0. The van der Waals surface area contributed by atoms with Crippen LogP contribution in [0.2, 0.25) is 0 Å². The first-order valence-corrected chi connectivity index (χ1v) is 4.83. The normalized spacial score (nSPS) is 10.9. The van der Waals surface area contributed by atoms with E-state index in [1.54, 1.807) is 19.2 Å². The number of carbonyl (C=O) groups excluding carboxylic acids is 1. The number of amides is 1. The average molecular weight is 206 g/mol. The van der Waals surface area contributed by atoms with E-state index >= 15 is 0 Å². The summed E-state index contributed by atoms with van der Waals surface area (Å²) in [6.45, 7) is 5.53. The fourth-order valence-electron chi connectivity index (χ4n) is 1.04. The van der Waals surface area contributed by atoms with Gasteiger partial charge in [-0.25, -0.2) is 4.79 Å². The molecule has 0 saturated heterocycles. The van der Waals surface area contributed by atoms with E-state index in [1.165, 1.54) is 4.90 Å². The summed E-state index contributed by atoms with van der Waals surface area (Å²) in [6.07, 6.45) is -0.353. The van der Waals surface area contributed by atoms with Gasteiger partial charge < -0.3 is 4.74 Å². The van der Waals surface area contributed by atoms with Gasteiger partial charge in [-0.05, 0) is 39.0 Å². The lowest BCUT2D eigenvalue weighted by molar-refractivity contribution is 0.0589. The molecule has 0 aliphatic rings. The molecule has 0 N–H and O–H groups in total. The quantitative estimate of drug-likeness (QED) is 0.707. The van der Waals surface area contributed by atoms with Gasteiger partial charge in [0, 0.05) is 12.7 Å². The molecule has 0 aromatic heterocycles. The summed E-state index contributed by atoms with van der Waals surface area (Å²) in [4.78, 5) is 13.1. The minimum absolute atomic E-state index is 0.353. The molecule has 0 unspecified atom stereocenters. The molecule has 1 aromatic rings. The molecule has 0 spiro atoms. The summed E-state index contributed by atoms with van der Waals surface area (Å²) >= 11 is 0. The minimum Gasteiger partial charge on any atom is -0.443 e. The van der Waals surface area contributed by atoms with Gasteiger partial charge in [0.15, 0.2) is 0 Å². The highest BCUT2D eigenvalue weighted by Gasteiger charge is 2.20. The first kappa shape index (κ1) is 11.6. The Morgan fingerprint density at radius 1 is 1.33 bits per heavy atom. The van der Waals surface area contributed by atoms with Crippen molar-refractivity contribution >= 4 is 11.8 Å². The third-order valence-electron chi connectivity index (χ3n) is 1.76. The molecule has 0 saturated carbocycles. The summed E-state index contributed by atoms with van der Waals surface area (Å²) in [5.74, 6) is 0. The van der Waals surface area contributed by atoms with Crippen molar-refractivity contribution in [3.8, 4) is 0 Å². The average Bonchev–Trinajstić information content (AvgIpc) is 2.15. The van der Waals surface area contributed by atoms with Gasteiger partial charge in [0.2, 0.25) is 0 Å². The molecule has 3 nitrogen and oxygen atoms in total. The molecule has 1 amide bonds. The highest BCUT2D eigenvalue weighted by Crippen LogP contribution is 2.15. The highest BCUT2D eigenvalue weighted by atomic mass is 16.6. The first-order valence-electron chi connectivity index (χ1n) is 4.83. The van der Waals surface area contributed by atoms with Crippen LogP contribution in [0.4, 0.5) is 10.5 Å². The molecule has 3 heteroatoms. The fraction of sp³-hybridized carbons (Fsp3) is 0.417. The van der Waals surface area contributed by atoms with Gasteiger partial charge in [-0.3, -0.25) is 4.90 Å². The Bertz CT molecular complexity index is 327. The molecule has 0 fully saturated rings. The first-order chi connectivity index (χ1) is 6.90. The van der Waals surface area contributed by atoms with Crippen LogP contribution < -0.4 is 4.90 Å². The van der Waals surface area contributed by atoms with E-state index in [2.05, 4.69) is 6.07 Å². The van der Waals surface area contributed by atoms with E-state index in [9.17, 15) is 4.79 Å². The van der Waals surface area contributed by atoms with Crippen molar-refractivity contribution in [2.24, 2.45) is 0 Å².